The Kier molecular flexibility index (Phi) is 2.70. The summed E-state index contributed by atoms with van der Waals surface area (Å²) in [5, 5.41) is 12.3. The number of hydrogen-bond acceptors (Lipinski definition) is 3. The highest BCUT2D eigenvalue weighted by Crippen LogP contribution is 2.47. The quantitative estimate of drug-likeness (QED) is 0.901. The lowest BCUT2D eigenvalue weighted by atomic mass is 9.98. The normalized spacial score (nSPS) is 19.6. The van der Waals surface area contributed by atoms with E-state index >= 15 is 0 Å². The topological polar surface area (TPSA) is 56.1 Å². The fraction of sp³-hybridized carbons (Fsp3) is 0.467. The third-order valence-corrected chi connectivity index (χ3v) is 4.12. The molecular formula is C15H17N3O. The molecule has 1 aliphatic heterocycles. The van der Waals surface area contributed by atoms with Crippen LogP contribution in [0.2, 0.25) is 0 Å². The van der Waals surface area contributed by atoms with Crippen LogP contribution in [0.3, 0.4) is 0 Å². The fourth-order valence-corrected chi connectivity index (χ4v) is 2.65. The van der Waals surface area contributed by atoms with Crippen LogP contribution in [0.15, 0.2) is 18.2 Å². The van der Waals surface area contributed by atoms with Crippen LogP contribution in [-0.4, -0.2) is 19.5 Å². The first-order valence-electron chi connectivity index (χ1n) is 6.70. The number of hydrogen-bond donors (Lipinski definition) is 1. The summed E-state index contributed by atoms with van der Waals surface area (Å²) in [6, 6.07) is 8.44. The summed E-state index contributed by atoms with van der Waals surface area (Å²) < 4.78 is 0. The Bertz CT molecular complexity index is 569. The summed E-state index contributed by atoms with van der Waals surface area (Å²) in [6.45, 7) is 0.550. The summed E-state index contributed by atoms with van der Waals surface area (Å²) in [6.07, 6.45) is 3.16. The summed E-state index contributed by atoms with van der Waals surface area (Å²) >= 11 is 0. The number of amides is 1. The predicted octanol–water partition coefficient (Wildman–Crippen LogP) is 2.31. The number of nitrogens with one attached hydrogen (secondary N) is 1. The van der Waals surface area contributed by atoms with Gasteiger partial charge in [0.25, 0.3) is 0 Å². The smallest absolute Gasteiger partial charge is 0.227 e. The number of rotatable bonds is 3. The van der Waals surface area contributed by atoms with Crippen LogP contribution in [0, 0.1) is 16.7 Å². The first-order chi connectivity index (χ1) is 9.17. The van der Waals surface area contributed by atoms with Crippen molar-refractivity contribution in [2.75, 3.05) is 23.8 Å². The summed E-state index contributed by atoms with van der Waals surface area (Å²) in [4.78, 5) is 13.9. The van der Waals surface area contributed by atoms with Crippen LogP contribution >= 0.6 is 0 Å². The Morgan fingerprint density at radius 1 is 1.42 bits per heavy atom. The molecule has 0 unspecified atom stereocenters. The van der Waals surface area contributed by atoms with Crippen LogP contribution in [0.4, 0.5) is 11.4 Å². The predicted molar refractivity (Wildman–Crippen MR) is 73.9 cm³/mol. The largest absolute Gasteiger partial charge is 0.388 e. The number of aryl methyl sites for hydroxylation is 1. The number of fused-ring (bicyclic) bond motifs is 1. The molecule has 1 aromatic rings. The van der Waals surface area contributed by atoms with E-state index in [1.54, 1.807) is 0 Å². The first-order valence-corrected chi connectivity index (χ1v) is 6.70. The van der Waals surface area contributed by atoms with E-state index in [2.05, 4.69) is 17.5 Å². The second-order valence-corrected chi connectivity index (χ2v) is 5.47. The van der Waals surface area contributed by atoms with Crippen molar-refractivity contribution in [2.45, 2.75) is 25.7 Å². The van der Waals surface area contributed by atoms with E-state index in [-0.39, 0.29) is 11.3 Å². The monoisotopic (exact) mass is 255 g/mol. The van der Waals surface area contributed by atoms with Gasteiger partial charge in [-0.05, 0) is 43.0 Å². The van der Waals surface area contributed by atoms with Crippen LogP contribution < -0.4 is 10.2 Å². The molecule has 1 amide bonds. The van der Waals surface area contributed by atoms with Crippen molar-refractivity contribution in [3.05, 3.63) is 23.8 Å². The number of benzene rings is 1. The lowest BCUT2D eigenvalue weighted by Crippen LogP contribution is -2.39. The second-order valence-electron chi connectivity index (χ2n) is 5.47. The van der Waals surface area contributed by atoms with Gasteiger partial charge in [-0.1, -0.05) is 0 Å². The lowest BCUT2D eigenvalue weighted by molar-refractivity contribution is -0.119. The number of carbonyl (C=O) groups is 1. The molecule has 1 saturated carbocycles. The molecule has 1 heterocycles. The maximum Gasteiger partial charge on any atom is 0.227 e. The first kappa shape index (κ1) is 12.0. The van der Waals surface area contributed by atoms with Crippen molar-refractivity contribution in [3.63, 3.8) is 0 Å². The van der Waals surface area contributed by atoms with Gasteiger partial charge in [0.05, 0.1) is 11.5 Å². The molecule has 1 N–H and O–H groups in total. The molecule has 2 aliphatic rings. The van der Waals surface area contributed by atoms with E-state index in [1.807, 2.05) is 24.1 Å². The van der Waals surface area contributed by atoms with E-state index in [0.29, 0.717) is 13.0 Å². The standard InChI is InChI=1S/C15H17N3O/c1-17-12-3-4-13-11(8-12)2-5-14(19)18(13)10-15(9-16)6-7-15/h3-4,8,17H,2,5-7,10H2,1H3. The Morgan fingerprint density at radius 2 is 2.21 bits per heavy atom. The van der Waals surface area contributed by atoms with Gasteiger partial charge < -0.3 is 10.2 Å². The van der Waals surface area contributed by atoms with E-state index in [4.69, 9.17) is 0 Å². The minimum atomic E-state index is -0.286. The van der Waals surface area contributed by atoms with E-state index in [1.165, 1.54) is 5.56 Å². The van der Waals surface area contributed by atoms with E-state index < -0.39 is 0 Å². The highest BCUT2D eigenvalue weighted by molar-refractivity contribution is 5.97. The molecule has 4 heteroatoms. The van der Waals surface area contributed by atoms with Crippen LogP contribution in [0.5, 0.6) is 0 Å². The average Bonchev–Trinajstić information content (AvgIpc) is 3.22. The van der Waals surface area contributed by atoms with E-state index in [9.17, 15) is 10.1 Å². The minimum Gasteiger partial charge on any atom is -0.388 e. The van der Waals surface area contributed by atoms with Crippen molar-refractivity contribution < 1.29 is 4.79 Å². The van der Waals surface area contributed by atoms with Gasteiger partial charge in [-0.15, -0.1) is 0 Å². The van der Waals surface area contributed by atoms with Crippen molar-refractivity contribution in [1.82, 2.24) is 0 Å². The number of carbonyl (C=O) groups excluding carboxylic acids is 1. The highest BCUT2D eigenvalue weighted by atomic mass is 16.2. The summed E-state index contributed by atoms with van der Waals surface area (Å²) in [5.41, 5.74) is 2.96. The molecule has 98 valence electrons. The molecule has 0 atom stereocenters. The van der Waals surface area contributed by atoms with Crippen LogP contribution in [-0.2, 0) is 11.2 Å². The van der Waals surface area contributed by atoms with Gasteiger partial charge in [0.2, 0.25) is 5.91 Å². The third-order valence-electron chi connectivity index (χ3n) is 4.12. The van der Waals surface area contributed by atoms with Gasteiger partial charge in [0.1, 0.15) is 0 Å². The maximum atomic E-state index is 12.1. The molecule has 3 rings (SSSR count). The van der Waals surface area contributed by atoms with Gasteiger partial charge in [0, 0.05) is 31.4 Å². The maximum absolute atomic E-state index is 12.1. The van der Waals surface area contributed by atoms with Gasteiger partial charge in [-0.2, -0.15) is 5.26 Å². The third kappa shape index (κ3) is 2.06. The molecular weight excluding hydrogens is 238 g/mol. The van der Waals surface area contributed by atoms with Gasteiger partial charge >= 0.3 is 0 Å². The molecule has 0 spiro atoms. The molecule has 1 aromatic carbocycles. The molecule has 0 bridgehead atoms. The Balaban J connectivity index is 1.93. The van der Waals surface area contributed by atoms with Crippen molar-refractivity contribution in [2.24, 2.45) is 5.41 Å². The van der Waals surface area contributed by atoms with E-state index in [0.717, 1.165) is 30.6 Å². The Hall–Kier alpha value is -2.02. The summed E-state index contributed by atoms with van der Waals surface area (Å²) in [7, 11) is 1.89. The average molecular weight is 255 g/mol. The van der Waals surface area contributed by atoms with Crippen LogP contribution in [0.25, 0.3) is 0 Å². The van der Waals surface area contributed by atoms with Crippen LogP contribution in [0.1, 0.15) is 24.8 Å². The zero-order valence-electron chi connectivity index (χ0n) is 11.1. The second kappa shape index (κ2) is 4.27. The van der Waals surface area contributed by atoms with Crippen molar-refractivity contribution in [1.29, 1.82) is 5.26 Å². The van der Waals surface area contributed by atoms with Gasteiger partial charge in [-0.25, -0.2) is 0 Å². The van der Waals surface area contributed by atoms with Crippen molar-refractivity contribution >= 4 is 17.3 Å². The lowest BCUT2D eigenvalue weighted by Gasteiger charge is -2.31. The molecule has 1 fully saturated rings. The molecule has 0 radical (unpaired) electrons. The number of nitrogens with zero attached hydrogens (tertiary/aromatic N) is 2. The van der Waals surface area contributed by atoms with Crippen molar-refractivity contribution in [3.8, 4) is 6.07 Å². The number of nitriles is 1. The number of anilines is 2. The SMILES string of the molecule is CNc1ccc2c(c1)CCC(=O)N2CC1(C#N)CC1. The molecule has 19 heavy (non-hydrogen) atoms. The van der Waals surface area contributed by atoms with Gasteiger partial charge in [0.15, 0.2) is 0 Å². The zero-order chi connectivity index (χ0) is 13.5. The highest BCUT2D eigenvalue weighted by Gasteiger charge is 2.46. The zero-order valence-corrected chi connectivity index (χ0v) is 11.1. The fourth-order valence-electron chi connectivity index (χ4n) is 2.65. The molecule has 0 saturated heterocycles. The minimum absolute atomic E-state index is 0.145. The summed E-state index contributed by atoms with van der Waals surface area (Å²) in [5.74, 6) is 0.145. The Labute approximate surface area is 113 Å². The molecule has 1 aliphatic carbocycles. The van der Waals surface area contributed by atoms with Gasteiger partial charge in [-0.3, -0.25) is 4.79 Å². The molecule has 0 aromatic heterocycles. The Morgan fingerprint density at radius 3 is 2.84 bits per heavy atom. The molecule has 4 nitrogen and oxygen atoms in total.